The summed E-state index contributed by atoms with van der Waals surface area (Å²) in [5.41, 5.74) is 6.07. The van der Waals surface area contributed by atoms with E-state index in [9.17, 15) is 14.9 Å². The van der Waals surface area contributed by atoms with Crippen LogP contribution in [0.4, 0.5) is 21.9 Å². The van der Waals surface area contributed by atoms with Crippen molar-refractivity contribution in [2.45, 2.75) is 0 Å². The molecule has 0 spiro atoms. The van der Waals surface area contributed by atoms with Crippen LogP contribution in [0.3, 0.4) is 0 Å². The van der Waals surface area contributed by atoms with E-state index in [1.54, 1.807) is 24.3 Å². The predicted octanol–water partition coefficient (Wildman–Crippen LogP) is 3.40. The van der Waals surface area contributed by atoms with Crippen LogP contribution in [0.5, 0.6) is 0 Å². The van der Waals surface area contributed by atoms with Gasteiger partial charge in [-0.05, 0) is 30.3 Å². The quantitative estimate of drug-likeness (QED) is 0.596. The Morgan fingerprint density at radius 2 is 1.81 bits per heavy atom. The minimum Gasteiger partial charge on any atom is -0.307 e. The van der Waals surface area contributed by atoms with Gasteiger partial charge < -0.3 is 5.32 Å². The zero-order chi connectivity index (χ0) is 15.2. The Labute approximate surface area is 125 Å². The van der Waals surface area contributed by atoms with Gasteiger partial charge in [0.05, 0.1) is 10.6 Å². The number of nitro groups is 1. The van der Waals surface area contributed by atoms with Crippen LogP contribution in [-0.4, -0.2) is 11.0 Å². The van der Waals surface area contributed by atoms with Gasteiger partial charge in [-0.2, -0.15) is 0 Å². The van der Waals surface area contributed by atoms with Gasteiger partial charge in [-0.1, -0.05) is 17.7 Å². The number of benzene rings is 2. The molecule has 0 aliphatic heterocycles. The van der Waals surface area contributed by atoms with Gasteiger partial charge in [-0.3, -0.25) is 21.0 Å². The molecule has 0 radical (unpaired) electrons. The van der Waals surface area contributed by atoms with E-state index < -0.39 is 11.0 Å². The van der Waals surface area contributed by atoms with Gasteiger partial charge in [-0.15, -0.1) is 0 Å². The van der Waals surface area contributed by atoms with Crippen molar-refractivity contribution in [2.75, 3.05) is 10.7 Å². The lowest BCUT2D eigenvalue weighted by molar-refractivity contribution is -0.384. The molecule has 3 N–H and O–H groups in total. The minimum atomic E-state index is -0.497. The number of carbonyl (C=O) groups is 1. The molecular weight excluding hydrogens is 296 g/mol. The Kier molecular flexibility index (Phi) is 4.57. The lowest BCUT2D eigenvalue weighted by atomic mass is 10.3. The first-order valence-electron chi connectivity index (χ1n) is 5.87. The number of hydrogen-bond donors (Lipinski definition) is 3. The van der Waals surface area contributed by atoms with E-state index in [0.29, 0.717) is 16.4 Å². The molecule has 0 aromatic heterocycles. The van der Waals surface area contributed by atoms with Crippen LogP contribution in [0.2, 0.25) is 5.02 Å². The van der Waals surface area contributed by atoms with Crippen LogP contribution in [0, 0.1) is 10.1 Å². The largest absolute Gasteiger partial charge is 0.337 e. The normalized spacial score (nSPS) is 9.76. The lowest BCUT2D eigenvalue weighted by Gasteiger charge is -2.09. The van der Waals surface area contributed by atoms with Crippen molar-refractivity contribution in [1.29, 1.82) is 0 Å². The number of non-ortho nitro benzene ring substituents is 1. The van der Waals surface area contributed by atoms with E-state index in [1.807, 2.05) is 0 Å². The molecule has 0 aliphatic rings. The number of anilines is 2. The summed E-state index contributed by atoms with van der Waals surface area (Å²) in [7, 11) is 0. The summed E-state index contributed by atoms with van der Waals surface area (Å²) >= 11 is 5.80. The molecule has 2 aromatic rings. The average Bonchev–Trinajstić information content (AvgIpc) is 2.45. The molecule has 0 bridgehead atoms. The van der Waals surface area contributed by atoms with Crippen LogP contribution in [-0.2, 0) is 0 Å². The second-order valence-electron chi connectivity index (χ2n) is 4.02. The van der Waals surface area contributed by atoms with Gasteiger partial charge in [-0.25, -0.2) is 4.79 Å². The summed E-state index contributed by atoms with van der Waals surface area (Å²) in [6.07, 6.45) is 0. The summed E-state index contributed by atoms with van der Waals surface area (Å²) < 4.78 is 0. The molecule has 0 unspecified atom stereocenters. The van der Waals surface area contributed by atoms with E-state index in [1.165, 1.54) is 24.3 Å². The Hall–Kier alpha value is -2.80. The molecular formula is C13H11ClN4O3. The number of hydrazine groups is 1. The third kappa shape index (κ3) is 4.36. The first-order valence-corrected chi connectivity index (χ1v) is 6.25. The highest BCUT2D eigenvalue weighted by Crippen LogP contribution is 2.15. The number of carbonyl (C=O) groups excluding carboxylic acids is 1. The monoisotopic (exact) mass is 306 g/mol. The summed E-state index contributed by atoms with van der Waals surface area (Å²) in [4.78, 5) is 21.6. The van der Waals surface area contributed by atoms with Gasteiger partial charge in [0.25, 0.3) is 5.69 Å². The SMILES string of the molecule is O=C(NNc1ccc([N+](=O)[O-])cc1)Nc1cccc(Cl)c1. The van der Waals surface area contributed by atoms with E-state index in [4.69, 9.17) is 11.6 Å². The fraction of sp³-hybridized carbons (Fsp3) is 0. The van der Waals surface area contributed by atoms with Crippen LogP contribution in [0.15, 0.2) is 48.5 Å². The van der Waals surface area contributed by atoms with Gasteiger partial charge in [0.2, 0.25) is 0 Å². The van der Waals surface area contributed by atoms with Crippen molar-refractivity contribution in [3.63, 3.8) is 0 Å². The van der Waals surface area contributed by atoms with E-state index in [-0.39, 0.29) is 5.69 Å². The molecule has 2 rings (SSSR count). The highest BCUT2D eigenvalue weighted by Gasteiger charge is 2.05. The molecule has 2 aromatic carbocycles. The standard InChI is InChI=1S/C13H11ClN4O3/c14-9-2-1-3-11(8-9)15-13(19)17-16-10-4-6-12(7-5-10)18(20)21/h1-8,16H,(H2,15,17,19). The second kappa shape index (κ2) is 6.58. The molecule has 0 atom stereocenters. The number of hydrogen-bond acceptors (Lipinski definition) is 4. The van der Waals surface area contributed by atoms with Gasteiger partial charge in [0.1, 0.15) is 0 Å². The number of nitrogens with one attached hydrogen (secondary N) is 3. The Morgan fingerprint density at radius 1 is 1.10 bits per heavy atom. The molecule has 108 valence electrons. The molecule has 0 fully saturated rings. The zero-order valence-electron chi connectivity index (χ0n) is 10.7. The van der Waals surface area contributed by atoms with Crippen LogP contribution in [0.25, 0.3) is 0 Å². The van der Waals surface area contributed by atoms with E-state index in [2.05, 4.69) is 16.2 Å². The molecule has 21 heavy (non-hydrogen) atoms. The molecule has 0 heterocycles. The summed E-state index contributed by atoms with van der Waals surface area (Å²) in [5, 5.41) is 13.6. The minimum absolute atomic E-state index is 0.0241. The van der Waals surface area contributed by atoms with Gasteiger partial charge in [0, 0.05) is 22.8 Å². The Balaban J connectivity index is 1.87. The fourth-order valence-corrected chi connectivity index (χ4v) is 1.71. The number of rotatable bonds is 4. The van der Waals surface area contributed by atoms with Crippen LogP contribution >= 0.6 is 11.6 Å². The highest BCUT2D eigenvalue weighted by atomic mass is 35.5. The zero-order valence-corrected chi connectivity index (χ0v) is 11.4. The smallest absolute Gasteiger partial charge is 0.307 e. The van der Waals surface area contributed by atoms with Crippen molar-refractivity contribution < 1.29 is 9.72 Å². The van der Waals surface area contributed by atoms with Crippen LogP contribution < -0.4 is 16.2 Å². The molecule has 2 amide bonds. The van der Waals surface area contributed by atoms with Crippen molar-refractivity contribution in [3.05, 3.63) is 63.7 Å². The maximum Gasteiger partial charge on any atom is 0.337 e. The maximum absolute atomic E-state index is 11.6. The number of urea groups is 1. The summed E-state index contributed by atoms with van der Waals surface area (Å²) in [6, 6.07) is 11.8. The molecule has 8 heteroatoms. The third-order valence-electron chi connectivity index (χ3n) is 2.48. The van der Waals surface area contributed by atoms with Crippen molar-refractivity contribution in [1.82, 2.24) is 5.43 Å². The van der Waals surface area contributed by atoms with E-state index >= 15 is 0 Å². The van der Waals surface area contributed by atoms with Crippen LogP contribution in [0.1, 0.15) is 0 Å². The second-order valence-corrected chi connectivity index (χ2v) is 4.45. The maximum atomic E-state index is 11.6. The molecule has 0 aliphatic carbocycles. The first-order chi connectivity index (χ1) is 10.0. The van der Waals surface area contributed by atoms with Gasteiger partial charge >= 0.3 is 6.03 Å². The summed E-state index contributed by atoms with van der Waals surface area (Å²) in [5.74, 6) is 0. The number of halogens is 1. The molecule has 0 saturated heterocycles. The Morgan fingerprint density at radius 3 is 2.43 bits per heavy atom. The third-order valence-corrected chi connectivity index (χ3v) is 2.72. The average molecular weight is 307 g/mol. The van der Waals surface area contributed by atoms with Crippen molar-refractivity contribution >= 4 is 34.7 Å². The topological polar surface area (TPSA) is 96.3 Å². The van der Waals surface area contributed by atoms with Crippen molar-refractivity contribution in [2.24, 2.45) is 0 Å². The first kappa shape index (κ1) is 14.6. The summed E-state index contributed by atoms with van der Waals surface area (Å²) in [6.45, 7) is 0. The predicted molar refractivity (Wildman–Crippen MR) is 80.3 cm³/mol. The molecule has 0 saturated carbocycles. The lowest BCUT2D eigenvalue weighted by Crippen LogP contribution is -2.33. The fourth-order valence-electron chi connectivity index (χ4n) is 1.52. The molecule has 7 nitrogen and oxygen atoms in total. The highest BCUT2D eigenvalue weighted by molar-refractivity contribution is 6.30. The van der Waals surface area contributed by atoms with Gasteiger partial charge in [0.15, 0.2) is 0 Å². The Bertz CT molecular complexity index is 661. The number of nitrogens with zero attached hydrogens (tertiary/aromatic N) is 1. The van der Waals surface area contributed by atoms with E-state index in [0.717, 1.165) is 0 Å². The van der Waals surface area contributed by atoms with Crippen molar-refractivity contribution in [3.8, 4) is 0 Å². The number of amides is 2. The number of nitro benzene ring substituents is 1.